The van der Waals surface area contributed by atoms with Crippen LogP contribution in [0.5, 0.6) is 11.5 Å². The monoisotopic (exact) mass is 434 g/mol. The number of anilines is 2. The number of imide groups is 1. The summed E-state index contributed by atoms with van der Waals surface area (Å²) >= 11 is 1.41. The standard InChI is InChI=1S/C24H22N2O4S/c1-15(2)30-18-11-9-16(10-12-18)25-22-21(20-8-5-13-31-20)23(27)26(24(22)28)17-6-4-7-19(14-17)29-3/h4-15,25H,1-3H3. The van der Waals surface area contributed by atoms with Gasteiger partial charge < -0.3 is 14.8 Å². The topological polar surface area (TPSA) is 67.9 Å². The molecule has 0 radical (unpaired) electrons. The van der Waals surface area contributed by atoms with Crippen LogP contribution in [0.1, 0.15) is 18.7 Å². The largest absolute Gasteiger partial charge is 0.497 e. The van der Waals surface area contributed by atoms with Crippen LogP contribution < -0.4 is 19.7 Å². The zero-order valence-corrected chi connectivity index (χ0v) is 18.2. The van der Waals surface area contributed by atoms with E-state index in [0.29, 0.717) is 22.7 Å². The van der Waals surface area contributed by atoms with Crippen molar-refractivity contribution >= 4 is 40.1 Å². The summed E-state index contributed by atoms with van der Waals surface area (Å²) in [5, 5.41) is 5.03. The minimum atomic E-state index is -0.413. The second-order valence-corrected chi connectivity index (χ2v) is 8.14. The first kappa shape index (κ1) is 20.7. The molecule has 2 amide bonds. The molecule has 3 aromatic rings. The Hall–Kier alpha value is -3.58. The van der Waals surface area contributed by atoms with Gasteiger partial charge in [0.1, 0.15) is 17.2 Å². The molecule has 1 aliphatic heterocycles. The van der Waals surface area contributed by atoms with Crippen LogP contribution in [-0.4, -0.2) is 25.0 Å². The Balaban J connectivity index is 1.70. The van der Waals surface area contributed by atoms with Crippen LogP contribution >= 0.6 is 11.3 Å². The van der Waals surface area contributed by atoms with Crippen LogP contribution in [0.2, 0.25) is 0 Å². The van der Waals surface area contributed by atoms with Gasteiger partial charge in [0.2, 0.25) is 0 Å². The second-order valence-electron chi connectivity index (χ2n) is 7.19. The van der Waals surface area contributed by atoms with E-state index in [1.807, 2.05) is 55.6 Å². The van der Waals surface area contributed by atoms with E-state index < -0.39 is 5.91 Å². The molecule has 0 unspecified atom stereocenters. The normalized spacial score (nSPS) is 13.9. The molecule has 31 heavy (non-hydrogen) atoms. The number of rotatable bonds is 7. The SMILES string of the molecule is COc1cccc(N2C(=O)C(Nc3ccc(OC(C)C)cc3)=C(c3cccs3)C2=O)c1. The van der Waals surface area contributed by atoms with Crippen molar-refractivity contribution in [3.8, 4) is 11.5 Å². The summed E-state index contributed by atoms with van der Waals surface area (Å²) in [6.45, 7) is 3.92. The van der Waals surface area contributed by atoms with Crippen molar-refractivity contribution in [3.63, 3.8) is 0 Å². The lowest BCUT2D eigenvalue weighted by Crippen LogP contribution is -2.32. The summed E-state index contributed by atoms with van der Waals surface area (Å²) in [6, 6.07) is 17.9. The molecule has 0 spiro atoms. The number of carbonyl (C=O) groups is 2. The van der Waals surface area contributed by atoms with Gasteiger partial charge in [-0.3, -0.25) is 9.59 Å². The number of ether oxygens (including phenoxy) is 2. The van der Waals surface area contributed by atoms with E-state index in [-0.39, 0.29) is 17.7 Å². The van der Waals surface area contributed by atoms with Gasteiger partial charge in [0, 0.05) is 16.6 Å². The van der Waals surface area contributed by atoms with Gasteiger partial charge in [-0.1, -0.05) is 12.1 Å². The minimum Gasteiger partial charge on any atom is -0.497 e. The summed E-state index contributed by atoms with van der Waals surface area (Å²) in [7, 11) is 1.54. The maximum Gasteiger partial charge on any atom is 0.282 e. The van der Waals surface area contributed by atoms with Crippen LogP contribution in [0, 0.1) is 0 Å². The first-order chi connectivity index (χ1) is 15.0. The molecular formula is C24H22N2O4S. The van der Waals surface area contributed by atoms with E-state index in [0.717, 1.165) is 10.6 Å². The second kappa shape index (κ2) is 8.65. The Morgan fingerprint density at radius 2 is 1.71 bits per heavy atom. The number of thiophene rings is 1. The van der Waals surface area contributed by atoms with Crippen molar-refractivity contribution in [2.75, 3.05) is 17.3 Å². The molecule has 1 aromatic heterocycles. The molecule has 2 heterocycles. The van der Waals surface area contributed by atoms with Gasteiger partial charge in [0.25, 0.3) is 11.8 Å². The third-order valence-electron chi connectivity index (χ3n) is 4.66. The number of benzene rings is 2. The van der Waals surface area contributed by atoms with Gasteiger partial charge in [-0.05, 0) is 61.7 Å². The lowest BCUT2D eigenvalue weighted by atomic mass is 10.2. The number of hydrogen-bond donors (Lipinski definition) is 1. The maximum atomic E-state index is 13.4. The molecule has 1 aliphatic rings. The molecule has 0 atom stereocenters. The molecule has 0 fully saturated rings. The molecule has 7 heteroatoms. The van der Waals surface area contributed by atoms with Crippen molar-refractivity contribution in [2.24, 2.45) is 0 Å². The molecular weight excluding hydrogens is 412 g/mol. The first-order valence-corrected chi connectivity index (χ1v) is 10.7. The van der Waals surface area contributed by atoms with Crippen molar-refractivity contribution in [3.05, 3.63) is 76.6 Å². The molecule has 0 saturated heterocycles. The van der Waals surface area contributed by atoms with Crippen LogP contribution in [0.25, 0.3) is 5.57 Å². The number of methoxy groups -OCH3 is 1. The minimum absolute atomic E-state index is 0.0670. The van der Waals surface area contributed by atoms with Gasteiger partial charge >= 0.3 is 0 Å². The third-order valence-corrected chi connectivity index (χ3v) is 5.55. The Morgan fingerprint density at radius 1 is 0.935 bits per heavy atom. The van der Waals surface area contributed by atoms with E-state index >= 15 is 0 Å². The summed E-state index contributed by atoms with van der Waals surface area (Å²) in [6.07, 6.45) is 0.0670. The predicted octanol–water partition coefficient (Wildman–Crippen LogP) is 4.94. The fraction of sp³-hybridized carbons (Fsp3) is 0.167. The van der Waals surface area contributed by atoms with Crippen molar-refractivity contribution < 1.29 is 19.1 Å². The van der Waals surface area contributed by atoms with Gasteiger partial charge in [-0.25, -0.2) is 4.90 Å². The Labute approximate surface area is 184 Å². The lowest BCUT2D eigenvalue weighted by Gasteiger charge is -2.16. The van der Waals surface area contributed by atoms with Crippen LogP contribution in [-0.2, 0) is 9.59 Å². The molecule has 0 bridgehead atoms. The molecule has 6 nitrogen and oxygen atoms in total. The number of carbonyl (C=O) groups excluding carboxylic acids is 2. The summed E-state index contributed by atoms with van der Waals surface area (Å²) < 4.78 is 10.9. The zero-order chi connectivity index (χ0) is 22.0. The predicted molar refractivity (Wildman–Crippen MR) is 123 cm³/mol. The molecule has 1 N–H and O–H groups in total. The number of amides is 2. The van der Waals surface area contributed by atoms with E-state index in [2.05, 4.69) is 5.32 Å². The van der Waals surface area contributed by atoms with Gasteiger partial charge in [-0.15, -0.1) is 11.3 Å². The summed E-state index contributed by atoms with van der Waals surface area (Å²) in [4.78, 5) is 28.6. The van der Waals surface area contributed by atoms with Crippen LogP contribution in [0.4, 0.5) is 11.4 Å². The number of hydrogen-bond acceptors (Lipinski definition) is 6. The Bertz CT molecular complexity index is 1130. The van der Waals surface area contributed by atoms with Crippen LogP contribution in [0.3, 0.4) is 0 Å². The van der Waals surface area contributed by atoms with Crippen molar-refractivity contribution in [1.29, 1.82) is 0 Å². The fourth-order valence-electron chi connectivity index (χ4n) is 3.31. The fourth-order valence-corrected chi connectivity index (χ4v) is 4.08. The number of nitrogens with zero attached hydrogens (tertiary/aromatic N) is 1. The van der Waals surface area contributed by atoms with Gasteiger partial charge in [-0.2, -0.15) is 0 Å². The summed E-state index contributed by atoms with van der Waals surface area (Å²) in [5.74, 6) is 0.518. The van der Waals surface area contributed by atoms with Crippen molar-refractivity contribution in [2.45, 2.75) is 20.0 Å². The van der Waals surface area contributed by atoms with E-state index in [1.54, 1.807) is 31.4 Å². The smallest absolute Gasteiger partial charge is 0.282 e. The Kier molecular flexibility index (Phi) is 5.77. The average molecular weight is 435 g/mol. The average Bonchev–Trinajstić information content (AvgIpc) is 3.36. The van der Waals surface area contributed by atoms with E-state index in [4.69, 9.17) is 9.47 Å². The molecule has 4 rings (SSSR count). The molecule has 2 aromatic carbocycles. The number of nitrogens with one attached hydrogen (secondary N) is 1. The van der Waals surface area contributed by atoms with Gasteiger partial charge in [0.15, 0.2) is 0 Å². The maximum absolute atomic E-state index is 13.4. The molecule has 0 aliphatic carbocycles. The third kappa shape index (κ3) is 4.18. The molecule has 158 valence electrons. The highest BCUT2D eigenvalue weighted by molar-refractivity contribution is 7.11. The quantitative estimate of drug-likeness (QED) is 0.534. The lowest BCUT2D eigenvalue weighted by molar-refractivity contribution is -0.120. The van der Waals surface area contributed by atoms with Crippen molar-refractivity contribution in [1.82, 2.24) is 0 Å². The van der Waals surface area contributed by atoms with E-state index in [9.17, 15) is 9.59 Å². The Morgan fingerprint density at radius 3 is 2.35 bits per heavy atom. The van der Waals surface area contributed by atoms with Gasteiger partial charge in [0.05, 0.1) is 24.5 Å². The highest BCUT2D eigenvalue weighted by Crippen LogP contribution is 2.36. The van der Waals surface area contributed by atoms with Crippen LogP contribution in [0.15, 0.2) is 71.7 Å². The highest BCUT2D eigenvalue weighted by Gasteiger charge is 2.40. The highest BCUT2D eigenvalue weighted by atomic mass is 32.1. The summed E-state index contributed by atoms with van der Waals surface area (Å²) in [5.41, 5.74) is 1.74. The first-order valence-electron chi connectivity index (χ1n) is 9.82. The zero-order valence-electron chi connectivity index (χ0n) is 17.4. The van der Waals surface area contributed by atoms with E-state index in [1.165, 1.54) is 16.2 Å². The molecule has 0 saturated carbocycles.